The lowest BCUT2D eigenvalue weighted by Crippen LogP contribution is -2.55. The first-order chi connectivity index (χ1) is 9.16. The van der Waals surface area contributed by atoms with E-state index in [2.05, 4.69) is 0 Å². The fourth-order valence-electron chi connectivity index (χ4n) is 2.33. The van der Waals surface area contributed by atoms with Gasteiger partial charge in [0.05, 0.1) is 34.4 Å². The minimum Gasteiger partial charge on any atom is -0.397 e. The van der Waals surface area contributed by atoms with Crippen LogP contribution in [0.15, 0.2) is 17.0 Å². The van der Waals surface area contributed by atoms with Gasteiger partial charge in [0.1, 0.15) is 0 Å². The Hall–Kier alpha value is -0.820. The first-order valence-electron chi connectivity index (χ1n) is 6.32. The van der Waals surface area contributed by atoms with Gasteiger partial charge in [-0.25, -0.2) is 8.42 Å². The van der Waals surface area contributed by atoms with E-state index in [0.29, 0.717) is 30.3 Å². The van der Waals surface area contributed by atoms with Crippen molar-refractivity contribution in [3.8, 4) is 0 Å². The van der Waals surface area contributed by atoms with Crippen molar-refractivity contribution in [3.05, 3.63) is 22.7 Å². The molecule has 112 valence electrons. The number of nitrogen functional groups attached to an aromatic ring is 1. The molecule has 0 radical (unpaired) electrons. The van der Waals surface area contributed by atoms with E-state index in [-0.39, 0.29) is 10.6 Å². The smallest absolute Gasteiger partial charge is 0.243 e. The lowest BCUT2D eigenvalue weighted by atomic mass is 10.1. The molecule has 1 fully saturated rings. The molecule has 0 saturated carbocycles. The van der Waals surface area contributed by atoms with E-state index in [1.54, 1.807) is 13.0 Å². The summed E-state index contributed by atoms with van der Waals surface area (Å²) in [7, 11) is -3.62. The average molecular weight is 319 g/mol. The molecule has 0 bridgehead atoms. The SMILES string of the molecule is Cc1cc(S(=O)(=O)N2CCOCC2(C)C)cc(N)c1Cl. The van der Waals surface area contributed by atoms with Crippen LogP contribution in [0.4, 0.5) is 5.69 Å². The van der Waals surface area contributed by atoms with Gasteiger partial charge >= 0.3 is 0 Å². The van der Waals surface area contributed by atoms with Gasteiger partial charge in [0.2, 0.25) is 10.0 Å². The van der Waals surface area contributed by atoms with Crippen LogP contribution < -0.4 is 5.73 Å². The monoisotopic (exact) mass is 318 g/mol. The number of ether oxygens (including phenoxy) is 1. The Morgan fingerprint density at radius 2 is 2.05 bits per heavy atom. The lowest BCUT2D eigenvalue weighted by molar-refractivity contribution is -0.00770. The van der Waals surface area contributed by atoms with Crippen LogP contribution in [0.5, 0.6) is 0 Å². The highest BCUT2D eigenvalue weighted by Crippen LogP contribution is 2.32. The van der Waals surface area contributed by atoms with Gasteiger partial charge in [-0.05, 0) is 38.5 Å². The fraction of sp³-hybridized carbons (Fsp3) is 0.538. The largest absolute Gasteiger partial charge is 0.397 e. The number of anilines is 1. The predicted octanol–water partition coefficient (Wildman–Crippen LogP) is 2.03. The van der Waals surface area contributed by atoms with E-state index < -0.39 is 15.6 Å². The van der Waals surface area contributed by atoms with E-state index >= 15 is 0 Å². The maximum absolute atomic E-state index is 12.8. The topological polar surface area (TPSA) is 72.6 Å². The van der Waals surface area contributed by atoms with Gasteiger partial charge in [-0.3, -0.25) is 0 Å². The second kappa shape index (κ2) is 5.18. The van der Waals surface area contributed by atoms with Crippen LogP contribution in [0.1, 0.15) is 19.4 Å². The highest BCUT2D eigenvalue weighted by atomic mass is 35.5. The second-order valence-electron chi connectivity index (χ2n) is 5.59. The Bertz CT molecular complexity index is 605. The van der Waals surface area contributed by atoms with Gasteiger partial charge in [0, 0.05) is 6.54 Å². The van der Waals surface area contributed by atoms with Crippen LogP contribution in [0.25, 0.3) is 0 Å². The summed E-state index contributed by atoms with van der Waals surface area (Å²) in [5, 5.41) is 0.394. The molecule has 1 saturated heterocycles. The van der Waals surface area contributed by atoms with Crippen LogP contribution in [0.2, 0.25) is 5.02 Å². The molecule has 0 amide bonds. The molecule has 1 heterocycles. The quantitative estimate of drug-likeness (QED) is 0.847. The summed E-state index contributed by atoms with van der Waals surface area (Å²) in [6.07, 6.45) is 0. The van der Waals surface area contributed by atoms with Crippen molar-refractivity contribution in [1.29, 1.82) is 0 Å². The van der Waals surface area contributed by atoms with Gasteiger partial charge in [-0.1, -0.05) is 11.6 Å². The number of hydrogen-bond acceptors (Lipinski definition) is 4. The number of benzene rings is 1. The van der Waals surface area contributed by atoms with Crippen molar-refractivity contribution in [3.63, 3.8) is 0 Å². The second-order valence-corrected chi connectivity index (χ2v) is 7.83. The molecule has 20 heavy (non-hydrogen) atoms. The molecule has 0 atom stereocenters. The Labute approximate surface area is 124 Å². The van der Waals surface area contributed by atoms with Crippen molar-refractivity contribution >= 4 is 27.3 Å². The normalized spacial score (nSPS) is 20.0. The summed E-state index contributed by atoms with van der Waals surface area (Å²) in [6, 6.07) is 2.97. The highest BCUT2D eigenvalue weighted by Gasteiger charge is 2.39. The lowest BCUT2D eigenvalue weighted by Gasteiger charge is -2.40. The van der Waals surface area contributed by atoms with Crippen LogP contribution in [-0.4, -0.2) is 38.0 Å². The average Bonchev–Trinajstić information content (AvgIpc) is 2.34. The maximum Gasteiger partial charge on any atom is 0.243 e. The zero-order valence-corrected chi connectivity index (χ0v) is 13.4. The van der Waals surface area contributed by atoms with Gasteiger partial charge < -0.3 is 10.5 Å². The molecule has 7 heteroatoms. The Morgan fingerprint density at radius 1 is 1.40 bits per heavy atom. The minimum absolute atomic E-state index is 0.173. The number of morpholine rings is 1. The van der Waals surface area contributed by atoms with Crippen molar-refractivity contribution in [2.24, 2.45) is 0 Å². The van der Waals surface area contributed by atoms with Crippen molar-refractivity contribution in [2.45, 2.75) is 31.2 Å². The molecule has 0 spiro atoms. The Kier molecular flexibility index (Phi) is 4.03. The highest BCUT2D eigenvalue weighted by molar-refractivity contribution is 7.89. The molecule has 1 aromatic carbocycles. The standard InChI is InChI=1S/C13H19ClN2O3S/c1-9-6-10(7-11(15)12(9)14)20(17,18)16-4-5-19-8-13(16,2)3/h6-7H,4-5,8,15H2,1-3H3. The van der Waals surface area contributed by atoms with Crippen LogP contribution in [0, 0.1) is 6.92 Å². The molecule has 0 aliphatic carbocycles. The molecule has 0 unspecified atom stereocenters. The molecule has 0 aromatic heterocycles. The zero-order chi connectivity index (χ0) is 15.1. The van der Waals surface area contributed by atoms with Gasteiger partial charge in [-0.2, -0.15) is 4.31 Å². The van der Waals surface area contributed by atoms with E-state index in [1.165, 1.54) is 10.4 Å². The fourth-order valence-corrected chi connectivity index (χ4v) is 4.31. The molecule has 2 rings (SSSR count). The van der Waals surface area contributed by atoms with Gasteiger partial charge in [-0.15, -0.1) is 0 Å². The Balaban J connectivity index is 2.50. The summed E-state index contributed by atoms with van der Waals surface area (Å²) < 4.78 is 32.4. The van der Waals surface area contributed by atoms with Crippen LogP contribution in [-0.2, 0) is 14.8 Å². The summed E-state index contributed by atoms with van der Waals surface area (Å²) in [5.41, 5.74) is 6.12. The number of hydrogen-bond donors (Lipinski definition) is 1. The summed E-state index contributed by atoms with van der Waals surface area (Å²) in [4.78, 5) is 0.173. The first-order valence-corrected chi connectivity index (χ1v) is 8.14. The van der Waals surface area contributed by atoms with Crippen molar-refractivity contribution < 1.29 is 13.2 Å². The van der Waals surface area contributed by atoms with E-state index in [4.69, 9.17) is 22.1 Å². The molecular formula is C13H19ClN2O3S. The van der Waals surface area contributed by atoms with Crippen molar-refractivity contribution in [1.82, 2.24) is 4.31 Å². The van der Waals surface area contributed by atoms with Crippen LogP contribution in [0.3, 0.4) is 0 Å². The molecule has 1 aromatic rings. The minimum atomic E-state index is -3.62. The maximum atomic E-state index is 12.8. The van der Waals surface area contributed by atoms with Gasteiger partial charge in [0.25, 0.3) is 0 Å². The number of aryl methyl sites for hydroxylation is 1. The summed E-state index contributed by atoms with van der Waals surface area (Å²) in [6.45, 7) is 6.52. The van der Waals surface area contributed by atoms with E-state index in [1.807, 2.05) is 13.8 Å². The van der Waals surface area contributed by atoms with E-state index in [9.17, 15) is 8.42 Å². The number of sulfonamides is 1. The zero-order valence-electron chi connectivity index (χ0n) is 11.8. The molecule has 5 nitrogen and oxygen atoms in total. The first kappa shape index (κ1) is 15.6. The number of nitrogens with zero attached hydrogens (tertiary/aromatic N) is 1. The molecule has 1 aliphatic heterocycles. The third-order valence-electron chi connectivity index (χ3n) is 3.41. The third kappa shape index (κ3) is 2.65. The van der Waals surface area contributed by atoms with Gasteiger partial charge in [0.15, 0.2) is 0 Å². The summed E-state index contributed by atoms with van der Waals surface area (Å²) in [5.74, 6) is 0. The molecule has 2 N–H and O–H groups in total. The van der Waals surface area contributed by atoms with Crippen molar-refractivity contribution in [2.75, 3.05) is 25.5 Å². The Morgan fingerprint density at radius 3 is 2.60 bits per heavy atom. The molecule has 1 aliphatic rings. The number of nitrogens with two attached hydrogens (primary N) is 1. The number of rotatable bonds is 2. The number of halogens is 1. The summed E-state index contributed by atoms with van der Waals surface area (Å²) >= 11 is 5.99. The van der Waals surface area contributed by atoms with E-state index in [0.717, 1.165) is 0 Å². The predicted molar refractivity (Wildman–Crippen MR) is 79.4 cm³/mol. The molecular weight excluding hydrogens is 300 g/mol. The van der Waals surface area contributed by atoms with Crippen LogP contribution >= 0.6 is 11.6 Å². The third-order valence-corrected chi connectivity index (χ3v) is 6.02.